The van der Waals surface area contributed by atoms with Crippen LogP contribution < -0.4 is 10.1 Å². The summed E-state index contributed by atoms with van der Waals surface area (Å²) < 4.78 is 5.30. The summed E-state index contributed by atoms with van der Waals surface area (Å²) in [6, 6.07) is 9.17. The van der Waals surface area contributed by atoms with Gasteiger partial charge in [0.05, 0.1) is 5.69 Å². The minimum atomic E-state index is -0.0134. The maximum Gasteiger partial charge on any atom is 0.227 e. The molecule has 0 aliphatic heterocycles. The van der Waals surface area contributed by atoms with Gasteiger partial charge in [0.15, 0.2) is 6.61 Å². The second-order valence-corrected chi connectivity index (χ2v) is 5.36. The Labute approximate surface area is 112 Å². The van der Waals surface area contributed by atoms with E-state index in [1.54, 1.807) is 12.1 Å². The number of para-hydroxylation sites is 2. The molecule has 0 spiro atoms. The van der Waals surface area contributed by atoms with Crippen LogP contribution in [-0.4, -0.2) is 12.5 Å². The van der Waals surface area contributed by atoms with Gasteiger partial charge in [0.2, 0.25) is 5.91 Å². The highest BCUT2D eigenvalue weighted by molar-refractivity contribution is 5.94. The Hall–Kier alpha value is -2.02. The first kappa shape index (κ1) is 12.0. The zero-order valence-electron chi connectivity index (χ0n) is 10.6. The molecule has 0 heterocycles. The topological polar surface area (TPSA) is 62.1 Å². The Morgan fingerprint density at radius 1 is 1.32 bits per heavy atom. The van der Waals surface area contributed by atoms with Gasteiger partial charge in [0, 0.05) is 5.92 Å². The highest BCUT2D eigenvalue weighted by atomic mass is 16.5. The van der Waals surface area contributed by atoms with E-state index in [0.717, 1.165) is 24.7 Å². The molecule has 1 N–H and O–H groups in total. The van der Waals surface area contributed by atoms with Gasteiger partial charge in [-0.05, 0) is 43.2 Å². The fourth-order valence-electron chi connectivity index (χ4n) is 2.97. The fourth-order valence-corrected chi connectivity index (χ4v) is 2.97. The Morgan fingerprint density at radius 3 is 2.79 bits per heavy atom. The van der Waals surface area contributed by atoms with Crippen LogP contribution in [0.2, 0.25) is 0 Å². The molecule has 0 bridgehead atoms. The van der Waals surface area contributed by atoms with E-state index < -0.39 is 0 Å². The molecule has 19 heavy (non-hydrogen) atoms. The molecule has 0 aromatic heterocycles. The number of anilines is 1. The lowest BCUT2D eigenvalue weighted by Crippen LogP contribution is -2.22. The lowest BCUT2D eigenvalue weighted by atomic mass is 10.0. The summed E-state index contributed by atoms with van der Waals surface area (Å²) in [4.78, 5) is 12.2. The van der Waals surface area contributed by atoms with Crippen molar-refractivity contribution < 1.29 is 9.53 Å². The Morgan fingerprint density at radius 2 is 2.05 bits per heavy atom. The largest absolute Gasteiger partial charge is 0.477 e. The number of fused-ring (bicyclic) bond motifs is 1. The van der Waals surface area contributed by atoms with Crippen LogP contribution in [0.1, 0.15) is 19.3 Å². The molecular formula is C15H16N2O2. The van der Waals surface area contributed by atoms with E-state index in [2.05, 4.69) is 5.32 Å². The fraction of sp³-hybridized carbons (Fsp3) is 0.467. The van der Waals surface area contributed by atoms with Crippen LogP contribution in [0.4, 0.5) is 5.69 Å². The van der Waals surface area contributed by atoms with Gasteiger partial charge in [0.25, 0.3) is 0 Å². The lowest BCUT2D eigenvalue weighted by molar-refractivity contribution is -0.120. The molecule has 3 rings (SSSR count). The zero-order valence-corrected chi connectivity index (χ0v) is 10.6. The predicted octanol–water partition coefficient (Wildman–Crippen LogP) is 2.57. The van der Waals surface area contributed by atoms with Crippen molar-refractivity contribution in [1.29, 1.82) is 5.26 Å². The summed E-state index contributed by atoms with van der Waals surface area (Å²) in [5.74, 6) is 2.37. The number of nitrogens with one attached hydrogen (secondary N) is 1. The molecule has 4 heteroatoms. The van der Waals surface area contributed by atoms with Crippen LogP contribution in [0.25, 0.3) is 0 Å². The number of ether oxygens (including phenoxy) is 1. The number of amides is 1. The highest BCUT2D eigenvalue weighted by Gasteiger charge is 2.48. The molecule has 2 saturated carbocycles. The van der Waals surface area contributed by atoms with Crippen LogP contribution >= 0.6 is 0 Å². The summed E-state index contributed by atoms with van der Waals surface area (Å²) in [7, 11) is 0. The molecule has 2 fully saturated rings. The van der Waals surface area contributed by atoms with Crippen LogP contribution in [0.3, 0.4) is 0 Å². The predicted molar refractivity (Wildman–Crippen MR) is 70.5 cm³/mol. The van der Waals surface area contributed by atoms with Gasteiger partial charge in [-0.2, -0.15) is 5.26 Å². The van der Waals surface area contributed by atoms with Gasteiger partial charge in [-0.3, -0.25) is 4.79 Å². The minimum absolute atomic E-state index is 0.0134. The standard InChI is InChI=1S/C15H16N2O2/c16-5-6-19-14-4-2-1-3-13(14)17-15(18)12-8-10-7-11(10)9-12/h1-4,10-12H,6-9H2,(H,17,18). The smallest absolute Gasteiger partial charge is 0.227 e. The van der Waals surface area contributed by atoms with Crippen molar-refractivity contribution in [3.05, 3.63) is 24.3 Å². The second-order valence-electron chi connectivity index (χ2n) is 5.36. The van der Waals surface area contributed by atoms with E-state index in [1.165, 1.54) is 6.42 Å². The number of hydrogen-bond donors (Lipinski definition) is 1. The summed E-state index contributed by atoms with van der Waals surface area (Å²) in [6.07, 6.45) is 3.36. The number of nitrogens with zero attached hydrogens (tertiary/aromatic N) is 1. The summed E-state index contributed by atoms with van der Waals surface area (Å²) >= 11 is 0. The third-order valence-corrected chi connectivity index (χ3v) is 4.05. The Kier molecular flexibility index (Phi) is 3.12. The quantitative estimate of drug-likeness (QED) is 0.900. The molecule has 1 aromatic carbocycles. The van der Waals surface area contributed by atoms with Crippen molar-refractivity contribution in [1.82, 2.24) is 0 Å². The molecule has 0 radical (unpaired) electrons. The zero-order chi connectivity index (χ0) is 13.2. The maximum atomic E-state index is 12.2. The molecule has 1 aromatic rings. The third kappa shape index (κ3) is 2.55. The average molecular weight is 256 g/mol. The molecule has 2 unspecified atom stereocenters. The van der Waals surface area contributed by atoms with Crippen molar-refractivity contribution in [3.8, 4) is 11.8 Å². The van der Waals surface area contributed by atoms with E-state index in [-0.39, 0.29) is 18.4 Å². The van der Waals surface area contributed by atoms with E-state index >= 15 is 0 Å². The molecule has 2 aliphatic rings. The van der Waals surface area contributed by atoms with E-state index in [9.17, 15) is 4.79 Å². The Bertz CT molecular complexity index is 525. The lowest BCUT2D eigenvalue weighted by Gasteiger charge is -2.14. The summed E-state index contributed by atoms with van der Waals surface area (Å²) in [5, 5.41) is 11.5. The molecule has 2 atom stereocenters. The minimum Gasteiger partial charge on any atom is -0.477 e. The van der Waals surface area contributed by atoms with Gasteiger partial charge in [-0.25, -0.2) is 0 Å². The highest BCUT2D eigenvalue weighted by Crippen LogP contribution is 2.54. The molecule has 0 saturated heterocycles. The normalized spacial score (nSPS) is 27.2. The molecular weight excluding hydrogens is 240 g/mol. The number of rotatable bonds is 4. The van der Waals surface area contributed by atoms with Crippen molar-refractivity contribution in [2.24, 2.45) is 17.8 Å². The third-order valence-electron chi connectivity index (χ3n) is 4.05. The van der Waals surface area contributed by atoms with Crippen LogP contribution in [0.15, 0.2) is 24.3 Å². The first-order chi connectivity index (χ1) is 9.28. The number of carbonyl (C=O) groups is 1. The number of carbonyl (C=O) groups excluding carboxylic acids is 1. The summed E-state index contributed by atoms with van der Waals surface area (Å²) in [6.45, 7) is -0.0134. The number of nitriles is 1. The Balaban J connectivity index is 1.65. The van der Waals surface area contributed by atoms with Gasteiger partial charge in [-0.1, -0.05) is 12.1 Å². The van der Waals surface area contributed by atoms with Crippen LogP contribution in [-0.2, 0) is 4.79 Å². The SMILES string of the molecule is N#CCOc1ccccc1NC(=O)C1CC2CC2C1. The summed E-state index contributed by atoms with van der Waals surface area (Å²) in [5.41, 5.74) is 0.656. The second kappa shape index (κ2) is 4.93. The van der Waals surface area contributed by atoms with Crippen molar-refractivity contribution >= 4 is 11.6 Å². The maximum absolute atomic E-state index is 12.2. The number of benzene rings is 1. The van der Waals surface area contributed by atoms with Gasteiger partial charge >= 0.3 is 0 Å². The first-order valence-corrected chi connectivity index (χ1v) is 6.67. The molecule has 98 valence electrons. The van der Waals surface area contributed by atoms with Crippen LogP contribution in [0, 0.1) is 29.1 Å². The number of hydrogen-bond acceptors (Lipinski definition) is 3. The van der Waals surface area contributed by atoms with E-state index in [0.29, 0.717) is 11.4 Å². The van der Waals surface area contributed by atoms with Gasteiger partial charge in [-0.15, -0.1) is 0 Å². The van der Waals surface area contributed by atoms with Crippen LogP contribution in [0.5, 0.6) is 5.75 Å². The first-order valence-electron chi connectivity index (χ1n) is 6.67. The van der Waals surface area contributed by atoms with Gasteiger partial charge < -0.3 is 10.1 Å². The van der Waals surface area contributed by atoms with Crippen molar-refractivity contribution in [2.75, 3.05) is 11.9 Å². The van der Waals surface area contributed by atoms with E-state index in [4.69, 9.17) is 10.00 Å². The average Bonchev–Trinajstić information content (AvgIpc) is 3.04. The monoisotopic (exact) mass is 256 g/mol. The van der Waals surface area contributed by atoms with Crippen molar-refractivity contribution in [3.63, 3.8) is 0 Å². The molecule has 4 nitrogen and oxygen atoms in total. The molecule has 2 aliphatic carbocycles. The molecule has 1 amide bonds. The van der Waals surface area contributed by atoms with Crippen molar-refractivity contribution in [2.45, 2.75) is 19.3 Å². The van der Waals surface area contributed by atoms with E-state index in [1.807, 2.05) is 18.2 Å². The van der Waals surface area contributed by atoms with Gasteiger partial charge in [0.1, 0.15) is 11.8 Å².